The summed E-state index contributed by atoms with van der Waals surface area (Å²) >= 11 is 15.5. The van der Waals surface area contributed by atoms with Crippen LogP contribution in [0.2, 0.25) is 10.0 Å². The molecule has 1 aliphatic rings. The van der Waals surface area contributed by atoms with Gasteiger partial charge in [0, 0.05) is 0 Å². The molecule has 0 aliphatic carbocycles. The summed E-state index contributed by atoms with van der Waals surface area (Å²) in [6, 6.07) is 8.66. The lowest BCUT2D eigenvalue weighted by atomic mass is 10.2. The van der Waals surface area contributed by atoms with Crippen LogP contribution < -0.4 is 14.8 Å². The average Bonchev–Trinajstić information content (AvgIpc) is 3.09. The number of rotatable bonds is 7. The molecule has 168 valence electrons. The van der Waals surface area contributed by atoms with Crippen molar-refractivity contribution in [3.05, 3.63) is 54.4 Å². The van der Waals surface area contributed by atoms with Gasteiger partial charge < -0.3 is 19.5 Å². The third-order valence-electron chi connectivity index (χ3n) is 4.00. The van der Waals surface area contributed by atoms with Crippen LogP contribution in [0.3, 0.4) is 0 Å². The normalized spacial score (nSPS) is 15.7. The number of amidine groups is 1. The van der Waals surface area contributed by atoms with E-state index >= 15 is 0 Å². The van der Waals surface area contributed by atoms with Gasteiger partial charge in [-0.25, -0.2) is 9.79 Å². The second kappa shape index (κ2) is 11.3. The summed E-state index contributed by atoms with van der Waals surface area (Å²) in [7, 11) is 1.29. The average molecular weight is 607 g/mol. The van der Waals surface area contributed by atoms with Crippen molar-refractivity contribution in [1.29, 1.82) is 0 Å². The van der Waals surface area contributed by atoms with Gasteiger partial charge >= 0.3 is 5.97 Å². The molecule has 2 aromatic rings. The molecule has 0 aromatic heterocycles. The maximum absolute atomic E-state index is 12.5. The molecule has 2 aromatic carbocycles. The summed E-state index contributed by atoms with van der Waals surface area (Å²) in [6.07, 6.45) is 1.72. The molecule has 0 spiro atoms. The van der Waals surface area contributed by atoms with E-state index in [9.17, 15) is 9.59 Å². The number of benzene rings is 2. The quantitative estimate of drug-likeness (QED) is 0.257. The minimum atomic E-state index is -0.500. The highest BCUT2D eigenvalue weighted by Gasteiger charge is 2.25. The smallest absolute Gasteiger partial charge is 0.343 e. The maximum Gasteiger partial charge on any atom is 0.343 e. The van der Waals surface area contributed by atoms with E-state index in [1.54, 1.807) is 30.3 Å². The van der Waals surface area contributed by atoms with Crippen molar-refractivity contribution in [3.8, 4) is 11.5 Å². The van der Waals surface area contributed by atoms with Gasteiger partial charge in [0.2, 0.25) is 0 Å². The predicted molar refractivity (Wildman–Crippen MR) is 135 cm³/mol. The number of nitrogens with zero attached hydrogens (tertiary/aromatic N) is 1. The molecule has 1 heterocycles. The van der Waals surface area contributed by atoms with Crippen LogP contribution in [0, 0.1) is 3.57 Å². The molecule has 1 saturated heterocycles. The first-order valence-corrected chi connectivity index (χ1v) is 11.9. The van der Waals surface area contributed by atoms with Crippen LogP contribution in [0.5, 0.6) is 11.5 Å². The van der Waals surface area contributed by atoms with Gasteiger partial charge in [-0.15, -0.1) is 0 Å². The summed E-state index contributed by atoms with van der Waals surface area (Å²) in [5, 5.41) is 3.80. The van der Waals surface area contributed by atoms with Crippen LogP contribution in [0.25, 0.3) is 6.08 Å². The molecule has 1 N–H and O–H groups in total. The highest BCUT2D eigenvalue weighted by Crippen LogP contribution is 2.37. The Balaban J connectivity index is 1.87. The topological polar surface area (TPSA) is 86.2 Å². The summed E-state index contributed by atoms with van der Waals surface area (Å²) in [5.41, 5.74) is 1.19. The molecule has 1 amide bonds. The van der Waals surface area contributed by atoms with E-state index in [1.165, 1.54) is 18.9 Å². The first-order chi connectivity index (χ1) is 15.3. The van der Waals surface area contributed by atoms with Gasteiger partial charge in [-0.3, -0.25) is 4.79 Å². The summed E-state index contributed by atoms with van der Waals surface area (Å²) in [6.45, 7) is 2.00. The van der Waals surface area contributed by atoms with Crippen LogP contribution in [0.15, 0.2) is 40.2 Å². The van der Waals surface area contributed by atoms with Crippen molar-refractivity contribution in [2.24, 2.45) is 4.99 Å². The fourth-order valence-corrected chi connectivity index (χ4v) is 4.54. The van der Waals surface area contributed by atoms with Crippen molar-refractivity contribution in [2.75, 3.05) is 20.3 Å². The Hall–Kier alpha value is -1.95. The lowest BCUT2D eigenvalue weighted by Crippen LogP contribution is -2.19. The standard InChI is InChI=1S/C21H17Cl2IN2O5S/c1-3-30-15-8-11(7-13(24)19(15)31-10-17(27)29-2)9-16-20(28)26-21(32-16)25-14-6-4-5-12(22)18(14)23/h4-9H,3,10H2,1-2H3,(H,25,26,28)/b16-9+. The van der Waals surface area contributed by atoms with Gasteiger partial charge in [0.15, 0.2) is 23.3 Å². The second-order valence-electron chi connectivity index (χ2n) is 6.18. The van der Waals surface area contributed by atoms with E-state index < -0.39 is 5.97 Å². The van der Waals surface area contributed by atoms with Gasteiger partial charge in [-0.2, -0.15) is 0 Å². The first-order valence-electron chi connectivity index (χ1n) is 9.22. The van der Waals surface area contributed by atoms with Crippen LogP contribution >= 0.6 is 57.6 Å². The van der Waals surface area contributed by atoms with Crippen LogP contribution in [-0.4, -0.2) is 37.4 Å². The summed E-state index contributed by atoms with van der Waals surface area (Å²) < 4.78 is 16.6. The highest BCUT2D eigenvalue weighted by atomic mass is 127. The van der Waals surface area contributed by atoms with E-state index in [-0.39, 0.29) is 12.5 Å². The fourth-order valence-electron chi connectivity index (χ4n) is 2.58. The van der Waals surface area contributed by atoms with Crippen LogP contribution in [0.1, 0.15) is 12.5 Å². The zero-order chi connectivity index (χ0) is 23.3. The van der Waals surface area contributed by atoms with Crippen LogP contribution in [-0.2, 0) is 14.3 Å². The molecule has 0 radical (unpaired) electrons. The van der Waals surface area contributed by atoms with Gasteiger partial charge in [0.05, 0.1) is 37.9 Å². The lowest BCUT2D eigenvalue weighted by Gasteiger charge is -2.14. The number of amides is 1. The van der Waals surface area contributed by atoms with E-state index in [0.717, 1.165) is 5.56 Å². The number of hydrogen-bond acceptors (Lipinski definition) is 7. The van der Waals surface area contributed by atoms with Gasteiger partial charge in [-0.1, -0.05) is 29.3 Å². The largest absolute Gasteiger partial charge is 0.490 e. The Morgan fingerprint density at radius 2 is 2.06 bits per heavy atom. The Kier molecular flexibility index (Phi) is 8.69. The van der Waals surface area contributed by atoms with Crippen molar-refractivity contribution in [2.45, 2.75) is 6.92 Å². The minimum absolute atomic E-state index is 0.239. The number of halogens is 3. The Morgan fingerprint density at radius 3 is 2.78 bits per heavy atom. The molecule has 0 saturated carbocycles. The van der Waals surface area contributed by atoms with Gasteiger partial charge in [0.25, 0.3) is 5.91 Å². The van der Waals surface area contributed by atoms with Crippen molar-refractivity contribution >= 4 is 86.4 Å². The predicted octanol–water partition coefficient (Wildman–Crippen LogP) is 5.44. The van der Waals surface area contributed by atoms with E-state index in [1.807, 2.05) is 13.0 Å². The molecule has 0 bridgehead atoms. The monoisotopic (exact) mass is 606 g/mol. The SMILES string of the molecule is CCOc1cc(/C=C2/SC(=Nc3cccc(Cl)c3Cl)NC2=O)cc(I)c1OCC(=O)OC. The zero-order valence-corrected chi connectivity index (χ0v) is 21.4. The minimum Gasteiger partial charge on any atom is -0.490 e. The summed E-state index contributed by atoms with van der Waals surface area (Å²) in [4.78, 5) is 28.7. The number of carbonyl (C=O) groups is 2. The first kappa shape index (κ1) is 24.7. The molecule has 0 unspecified atom stereocenters. The third kappa shape index (κ3) is 6.09. The van der Waals surface area contributed by atoms with Crippen LogP contribution in [0.4, 0.5) is 5.69 Å². The molecular weight excluding hydrogens is 590 g/mol. The second-order valence-corrected chi connectivity index (χ2v) is 9.16. The number of ether oxygens (including phenoxy) is 3. The van der Waals surface area contributed by atoms with E-state index in [2.05, 4.69) is 37.6 Å². The summed E-state index contributed by atoms with van der Waals surface area (Å²) in [5.74, 6) is 0.102. The molecule has 11 heteroatoms. The van der Waals surface area contributed by atoms with Gasteiger partial charge in [0.1, 0.15) is 0 Å². The number of thioether (sulfide) groups is 1. The number of nitrogens with one attached hydrogen (secondary N) is 1. The molecule has 3 rings (SSSR count). The molecule has 1 fully saturated rings. The van der Waals surface area contributed by atoms with Crippen molar-refractivity contribution in [1.82, 2.24) is 5.32 Å². The Morgan fingerprint density at radius 1 is 1.28 bits per heavy atom. The maximum atomic E-state index is 12.5. The molecule has 7 nitrogen and oxygen atoms in total. The fraction of sp³-hybridized carbons (Fsp3) is 0.190. The number of methoxy groups -OCH3 is 1. The zero-order valence-electron chi connectivity index (χ0n) is 16.9. The number of esters is 1. The van der Waals surface area contributed by atoms with E-state index in [4.69, 9.17) is 32.7 Å². The third-order valence-corrected chi connectivity index (χ3v) is 6.52. The molecular formula is C21H17Cl2IN2O5S. The molecule has 32 heavy (non-hydrogen) atoms. The van der Waals surface area contributed by atoms with Gasteiger partial charge in [-0.05, 0) is 77.2 Å². The van der Waals surface area contributed by atoms with Crippen molar-refractivity contribution < 1.29 is 23.8 Å². The van der Waals surface area contributed by atoms with Crippen molar-refractivity contribution in [3.63, 3.8) is 0 Å². The highest BCUT2D eigenvalue weighted by molar-refractivity contribution is 14.1. The molecule has 0 atom stereocenters. The number of aliphatic imine (C=N–C) groups is 1. The Bertz CT molecular complexity index is 1120. The lowest BCUT2D eigenvalue weighted by molar-refractivity contribution is -0.143. The number of hydrogen-bond donors (Lipinski definition) is 1. The number of carbonyl (C=O) groups excluding carboxylic acids is 2. The Labute approximate surface area is 212 Å². The molecule has 1 aliphatic heterocycles. The van der Waals surface area contributed by atoms with E-state index in [0.29, 0.717) is 47.5 Å².